The molecule has 1 saturated heterocycles. The molecular formula is C27H28N4O3. The largest absolute Gasteiger partial charge is 0.457 e. The van der Waals surface area contributed by atoms with Crippen LogP contribution in [0.2, 0.25) is 0 Å². The lowest BCUT2D eigenvalue weighted by Crippen LogP contribution is -2.41. The number of carbonyl (C=O) groups is 2. The van der Waals surface area contributed by atoms with Crippen molar-refractivity contribution in [1.29, 1.82) is 0 Å². The van der Waals surface area contributed by atoms with Crippen molar-refractivity contribution >= 4 is 12.2 Å². The number of aldehydes is 1. The van der Waals surface area contributed by atoms with E-state index in [0.29, 0.717) is 29.1 Å². The molecule has 2 fully saturated rings. The summed E-state index contributed by atoms with van der Waals surface area (Å²) < 4.78 is 7.77. The lowest BCUT2D eigenvalue weighted by molar-refractivity contribution is -0.105. The monoisotopic (exact) mass is 456 g/mol. The summed E-state index contributed by atoms with van der Waals surface area (Å²) in [6.07, 6.45) is 5.73. The van der Waals surface area contributed by atoms with Crippen molar-refractivity contribution in [2.24, 2.45) is 11.1 Å². The Balaban J connectivity index is 1.29. The first-order valence-corrected chi connectivity index (χ1v) is 11.5. The van der Waals surface area contributed by atoms with E-state index in [1.165, 1.54) is 0 Å². The van der Waals surface area contributed by atoms with Gasteiger partial charge < -0.3 is 10.5 Å². The van der Waals surface area contributed by atoms with Crippen LogP contribution in [-0.2, 0) is 4.79 Å². The summed E-state index contributed by atoms with van der Waals surface area (Å²) in [6.45, 7) is 6.38. The number of hydrogen-bond acceptors (Lipinski definition) is 5. The van der Waals surface area contributed by atoms with Crippen molar-refractivity contribution in [1.82, 2.24) is 14.7 Å². The van der Waals surface area contributed by atoms with Crippen molar-refractivity contribution in [2.75, 3.05) is 19.6 Å². The standard InChI is InChI=1S/C27H28N4O3/c1-19(17-32)15-30-12-11-27(18-30)13-21(14-27)31-16-24(26(28)33)25(29-31)20-7-9-23(10-8-20)34-22-5-3-2-4-6-22/h2-10,16-17,21H,1,11-15,18H2,(H2,28,33)/t21-,27+. The van der Waals surface area contributed by atoms with Gasteiger partial charge in [-0.05, 0) is 73.2 Å². The molecule has 0 atom stereocenters. The molecule has 2 heterocycles. The van der Waals surface area contributed by atoms with Crippen LogP contribution in [0.1, 0.15) is 35.7 Å². The SMILES string of the molecule is C=C(C=O)CN1CC[C@]2(C1)C[C@@H](n1cc(C(N)=O)c(-c3ccc(Oc4ccccc4)cc3)n1)C2. The molecule has 5 rings (SSSR count). The molecule has 1 aromatic heterocycles. The van der Waals surface area contributed by atoms with E-state index < -0.39 is 5.91 Å². The minimum atomic E-state index is -0.487. The van der Waals surface area contributed by atoms with Gasteiger partial charge in [-0.2, -0.15) is 5.10 Å². The number of aromatic nitrogens is 2. The van der Waals surface area contributed by atoms with E-state index in [-0.39, 0.29) is 11.5 Å². The van der Waals surface area contributed by atoms with Gasteiger partial charge in [0.2, 0.25) is 0 Å². The van der Waals surface area contributed by atoms with Gasteiger partial charge in [-0.1, -0.05) is 24.8 Å². The summed E-state index contributed by atoms with van der Waals surface area (Å²) in [5.41, 5.74) is 8.40. The van der Waals surface area contributed by atoms with Gasteiger partial charge in [0.05, 0.1) is 11.6 Å². The first-order chi connectivity index (χ1) is 16.4. The summed E-state index contributed by atoms with van der Waals surface area (Å²) in [5.74, 6) is 0.982. The maximum Gasteiger partial charge on any atom is 0.252 e. The van der Waals surface area contributed by atoms with E-state index in [9.17, 15) is 9.59 Å². The van der Waals surface area contributed by atoms with E-state index in [2.05, 4.69) is 11.5 Å². The number of ether oxygens (including phenoxy) is 1. The minimum absolute atomic E-state index is 0.238. The topological polar surface area (TPSA) is 90.5 Å². The Bertz CT molecular complexity index is 1210. The van der Waals surface area contributed by atoms with Crippen LogP contribution in [0.5, 0.6) is 11.5 Å². The van der Waals surface area contributed by atoms with Crippen LogP contribution in [0.4, 0.5) is 0 Å². The Morgan fingerprint density at radius 3 is 2.53 bits per heavy atom. The number of rotatable bonds is 8. The first-order valence-electron chi connectivity index (χ1n) is 11.5. The second-order valence-corrected chi connectivity index (χ2v) is 9.47. The first kappa shape index (κ1) is 22.1. The van der Waals surface area contributed by atoms with Crippen LogP contribution in [0.15, 0.2) is 72.9 Å². The van der Waals surface area contributed by atoms with E-state index in [4.69, 9.17) is 15.6 Å². The maximum absolute atomic E-state index is 12.2. The number of benzene rings is 2. The number of hydrogen-bond donors (Lipinski definition) is 1. The average Bonchev–Trinajstić information content (AvgIpc) is 3.44. The fourth-order valence-electron chi connectivity index (χ4n) is 5.23. The molecule has 174 valence electrons. The zero-order valence-corrected chi connectivity index (χ0v) is 19.0. The molecule has 0 radical (unpaired) electrons. The average molecular weight is 457 g/mol. The van der Waals surface area contributed by atoms with Crippen LogP contribution >= 0.6 is 0 Å². The van der Waals surface area contributed by atoms with Crippen LogP contribution in [0.25, 0.3) is 11.3 Å². The quantitative estimate of drug-likeness (QED) is 0.405. The molecule has 3 aromatic rings. The lowest BCUT2D eigenvalue weighted by atomic mass is 9.65. The molecule has 0 bridgehead atoms. The Labute approximate surface area is 198 Å². The van der Waals surface area contributed by atoms with Gasteiger partial charge in [-0.25, -0.2) is 0 Å². The van der Waals surface area contributed by atoms with Gasteiger partial charge in [0.25, 0.3) is 5.91 Å². The third-order valence-corrected chi connectivity index (χ3v) is 6.93. The van der Waals surface area contributed by atoms with Crippen molar-refractivity contribution in [3.63, 3.8) is 0 Å². The summed E-state index contributed by atoms with van der Waals surface area (Å²) in [4.78, 5) is 25.4. The summed E-state index contributed by atoms with van der Waals surface area (Å²) in [5, 5.41) is 4.77. The highest BCUT2D eigenvalue weighted by Crippen LogP contribution is 2.54. The summed E-state index contributed by atoms with van der Waals surface area (Å²) in [6, 6.07) is 17.3. The normalized spacial score (nSPS) is 21.8. The second kappa shape index (κ2) is 8.91. The van der Waals surface area contributed by atoms with Crippen LogP contribution in [0.3, 0.4) is 0 Å². The van der Waals surface area contributed by atoms with Gasteiger partial charge in [0, 0.05) is 24.8 Å². The van der Waals surface area contributed by atoms with Crippen LogP contribution in [0, 0.1) is 5.41 Å². The van der Waals surface area contributed by atoms with E-state index >= 15 is 0 Å². The predicted molar refractivity (Wildman–Crippen MR) is 130 cm³/mol. The highest BCUT2D eigenvalue weighted by atomic mass is 16.5. The molecule has 2 N–H and O–H groups in total. The number of nitrogens with two attached hydrogens (primary N) is 1. The van der Waals surface area contributed by atoms with Gasteiger partial charge in [-0.3, -0.25) is 19.2 Å². The Morgan fingerprint density at radius 2 is 1.85 bits per heavy atom. The number of primary amides is 1. The molecule has 7 heteroatoms. The molecule has 7 nitrogen and oxygen atoms in total. The molecular weight excluding hydrogens is 428 g/mol. The third-order valence-electron chi connectivity index (χ3n) is 6.93. The third kappa shape index (κ3) is 4.39. The predicted octanol–water partition coefficient (Wildman–Crippen LogP) is 4.22. The zero-order valence-electron chi connectivity index (χ0n) is 19.0. The number of nitrogens with zero attached hydrogens (tertiary/aromatic N) is 3. The highest BCUT2D eigenvalue weighted by molar-refractivity contribution is 5.98. The van der Waals surface area contributed by atoms with Crippen LogP contribution in [-0.4, -0.2) is 46.5 Å². The zero-order chi connectivity index (χ0) is 23.7. The molecule has 1 aliphatic heterocycles. The van der Waals surface area contributed by atoms with Crippen LogP contribution < -0.4 is 10.5 Å². The molecule has 1 aliphatic carbocycles. The summed E-state index contributed by atoms with van der Waals surface area (Å²) >= 11 is 0. The van der Waals surface area contributed by atoms with Gasteiger partial charge in [0.1, 0.15) is 23.5 Å². The van der Waals surface area contributed by atoms with Crippen molar-refractivity contribution in [3.05, 3.63) is 78.5 Å². The number of likely N-dealkylation sites (tertiary alicyclic amines) is 1. The molecule has 1 spiro atoms. The van der Waals surface area contributed by atoms with Gasteiger partial charge >= 0.3 is 0 Å². The van der Waals surface area contributed by atoms with E-state index in [1.54, 1.807) is 6.20 Å². The highest BCUT2D eigenvalue weighted by Gasteiger charge is 2.49. The Kier molecular flexibility index (Phi) is 5.79. The number of amides is 1. The Morgan fingerprint density at radius 1 is 1.15 bits per heavy atom. The van der Waals surface area contributed by atoms with E-state index in [0.717, 1.165) is 50.0 Å². The second-order valence-electron chi connectivity index (χ2n) is 9.47. The van der Waals surface area contributed by atoms with Crippen molar-refractivity contribution < 1.29 is 14.3 Å². The lowest BCUT2D eigenvalue weighted by Gasteiger charge is -2.45. The fourth-order valence-corrected chi connectivity index (χ4v) is 5.23. The Hall–Kier alpha value is -3.71. The maximum atomic E-state index is 12.2. The van der Waals surface area contributed by atoms with E-state index in [1.807, 2.05) is 59.3 Å². The smallest absolute Gasteiger partial charge is 0.252 e. The molecule has 1 amide bonds. The fraction of sp³-hybridized carbons (Fsp3) is 0.296. The molecule has 34 heavy (non-hydrogen) atoms. The number of para-hydroxylation sites is 1. The molecule has 0 unspecified atom stereocenters. The molecule has 2 aliphatic rings. The summed E-state index contributed by atoms with van der Waals surface area (Å²) in [7, 11) is 0. The number of carbonyl (C=O) groups excluding carboxylic acids is 2. The van der Waals surface area contributed by atoms with Gasteiger partial charge in [-0.15, -0.1) is 0 Å². The molecule has 2 aromatic carbocycles. The van der Waals surface area contributed by atoms with Gasteiger partial charge in [0.15, 0.2) is 0 Å². The van der Waals surface area contributed by atoms with Crippen molar-refractivity contribution in [3.8, 4) is 22.8 Å². The minimum Gasteiger partial charge on any atom is -0.457 e. The van der Waals surface area contributed by atoms with Crippen molar-refractivity contribution in [2.45, 2.75) is 25.3 Å². The molecule has 1 saturated carbocycles.